The third-order valence-corrected chi connectivity index (χ3v) is 4.78. The molecule has 136 valence electrons. The first-order valence-corrected chi connectivity index (χ1v) is 8.94. The van der Waals surface area contributed by atoms with Crippen LogP contribution in [0.2, 0.25) is 0 Å². The highest BCUT2D eigenvalue weighted by molar-refractivity contribution is 5.92. The second-order valence-electron chi connectivity index (χ2n) is 6.68. The van der Waals surface area contributed by atoms with E-state index < -0.39 is 4.92 Å². The SMILES string of the molecule is Cc1cccc([C@@H]2CCCCCN2C(=O)Nc2ccccc2[N+](=O)[O-])c1. The van der Waals surface area contributed by atoms with Crippen molar-refractivity contribution in [2.24, 2.45) is 0 Å². The van der Waals surface area contributed by atoms with Crippen molar-refractivity contribution < 1.29 is 9.72 Å². The van der Waals surface area contributed by atoms with Crippen LogP contribution in [0.15, 0.2) is 48.5 Å². The molecule has 1 saturated heterocycles. The van der Waals surface area contributed by atoms with Crippen molar-refractivity contribution in [3.63, 3.8) is 0 Å². The number of nitrogens with one attached hydrogen (secondary N) is 1. The minimum Gasteiger partial charge on any atom is -0.317 e. The van der Waals surface area contributed by atoms with Crippen molar-refractivity contribution >= 4 is 17.4 Å². The highest BCUT2D eigenvalue weighted by atomic mass is 16.6. The van der Waals surface area contributed by atoms with Crippen LogP contribution in [0, 0.1) is 17.0 Å². The van der Waals surface area contributed by atoms with Crippen LogP contribution < -0.4 is 5.32 Å². The summed E-state index contributed by atoms with van der Waals surface area (Å²) in [5.41, 5.74) is 2.41. The Morgan fingerprint density at radius 3 is 2.73 bits per heavy atom. The summed E-state index contributed by atoms with van der Waals surface area (Å²) < 4.78 is 0. The Bertz CT molecular complexity index is 806. The zero-order chi connectivity index (χ0) is 18.5. The summed E-state index contributed by atoms with van der Waals surface area (Å²) in [4.78, 5) is 25.5. The molecule has 1 aliphatic heterocycles. The topological polar surface area (TPSA) is 75.5 Å². The molecule has 1 fully saturated rings. The van der Waals surface area contributed by atoms with Gasteiger partial charge in [-0.15, -0.1) is 0 Å². The summed E-state index contributed by atoms with van der Waals surface area (Å²) in [6, 6.07) is 14.2. The molecule has 0 spiro atoms. The fourth-order valence-electron chi connectivity index (χ4n) is 3.50. The van der Waals surface area contributed by atoms with Crippen LogP contribution in [0.5, 0.6) is 0 Å². The fourth-order valence-corrected chi connectivity index (χ4v) is 3.50. The Morgan fingerprint density at radius 2 is 1.96 bits per heavy atom. The minimum atomic E-state index is -0.476. The van der Waals surface area contributed by atoms with Gasteiger partial charge in [0.1, 0.15) is 5.69 Å². The number of anilines is 1. The lowest BCUT2D eigenvalue weighted by molar-refractivity contribution is -0.383. The van der Waals surface area contributed by atoms with Crippen LogP contribution in [0.3, 0.4) is 0 Å². The van der Waals surface area contributed by atoms with E-state index in [2.05, 4.69) is 11.4 Å². The summed E-state index contributed by atoms with van der Waals surface area (Å²) >= 11 is 0. The van der Waals surface area contributed by atoms with Crippen LogP contribution in [-0.4, -0.2) is 22.4 Å². The maximum atomic E-state index is 13.0. The number of hydrogen-bond acceptors (Lipinski definition) is 3. The number of carbonyl (C=O) groups is 1. The van der Waals surface area contributed by atoms with E-state index in [-0.39, 0.29) is 23.4 Å². The smallest absolute Gasteiger partial charge is 0.317 e. The second kappa shape index (κ2) is 7.99. The lowest BCUT2D eigenvalue weighted by Crippen LogP contribution is -2.38. The molecule has 0 aliphatic carbocycles. The van der Waals surface area contributed by atoms with Gasteiger partial charge in [0.05, 0.1) is 11.0 Å². The van der Waals surface area contributed by atoms with Crippen LogP contribution in [-0.2, 0) is 0 Å². The molecule has 0 radical (unpaired) electrons. The van der Waals surface area contributed by atoms with E-state index in [1.54, 1.807) is 18.2 Å². The molecular formula is C20H23N3O3. The van der Waals surface area contributed by atoms with Gasteiger partial charge < -0.3 is 10.2 Å². The van der Waals surface area contributed by atoms with Gasteiger partial charge in [-0.1, -0.05) is 54.8 Å². The van der Waals surface area contributed by atoms with Gasteiger partial charge in [-0.25, -0.2) is 4.79 Å². The van der Waals surface area contributed by atoms with Gasteiger partial charge in [-0.05, 0) is 31.4 Å². The molecule has 0 aromatic heterocycles. The van der Waals surface area contributed by atoms with Crippen LogP contribution >= 0.6 is 0 Å². The molecule has 1 N–H and O–H groups in total. The van der Waals surface area contributed by atoms with Crippen LogP contribution in [0.25, 0.3) is 0 Å². The molecule has 2 aromatic carbocycles. The predicted molar refractivity (Wildman–Crippen MR) is 101 cm³/mol. The summed E-state index contributed by atoms with van der Waals surface area (Å²) in [5, 5.41) is 13.9. The molecule has 3 rings (SSSR count). The summed E-state index contributed by atoms with van der Waals surface area (Å²) in [6.07, 6.45) is 3.98. The van der Waals surface area contributed by atoms with E-state index in [1.807, 2.05) is 30.0 Å². The van der Waals surface area contributed by atoms with Crippen molar-refractivity contribution in [3.05, 3.63) is 69.8 Å². The van der Waals surface area contributed by atoms with Crippen LogP contribution in [0.4, 0.5) is 16.2 Å². The Balaban J connectivity index is 1.86. The first-order valence-electron chi connectivity index (χ1n) is 8.94. The van der Waals surface area contributed by atoms with Crippen molar-refractivity contribution in [3.8, 4) is 0 Å². The molecule has 1 heterocycles. The number of aryl methyl sites for hydroxylation is 1. The molecule has 0 bridgehead atoms. The molecule has 6 heteroatoms. The van der Waals surface area contributed by atoms with Gasteiger partial charge in [-0.2, -0.15) is 0 Å². The summed E-state index contributed by atoms with van der Waals surface area (Å²) in [6.45, 7) is 2.68. The lowest BCUT2D eigenvalue weighted by atomic mass is 9.99. The number of hydrogen-bond donors (Lipinski definition) is 1. The number of amides is 2. The molecule has 0 saturated carbocycles. The maximum absolute atomic E-state index is 13.0. The predicted octanol–water partition coefficient (Wildman–Crippen LogP) is 5.05. The average molecular weight is 353 g/mol. The van der Waals surface area contributed by atoms with Gasteiger partial charge in [0, 0.05) is 12.6 Å². The molecule has 0 unspecified atom stereocenters. The average Bonchev–Trinajstić information content (AvgIpc) is 2.88. The Kier molecular flexibility index (Phi) is 5.51. The van der Waals surface area contributed by atoms with E-state index in [1.165, 1.54) is 6.07 Å². The quantitative estimate of drug-likeness (QED) is 0.619. The fraction of sp³-hybridized carbons (Fsp3) is 0.350. The molecule has 1 aliphatic rings. The van der Waals surface area contributed by atoms with Crippen molar-refractivity contribution in [2.45, 2.75) is 38.6 Å². The maximum Gasteiger partial charge on any atom is 0.322 e. The molecule has 2 aromatic rings. The molecule has 6 nitrogen and oxygen atoms in total. The highest BCUT2D eigenvalue weighted by Crippen LogP contribution is 2.32. The molecule has 2 amide bonds. The summed E-state index contributed by atoms with van der Waals surface area (Å²) in [7, 11) is 0. The Morgan fingerprint density at radius 1 is 1.15 bits per heavy atom. The number of nitro benzene ring substituents is 1. The zero-order valence-corrected chi connectivity index (χ0v) is 14.9. The van der Waals surface area contributed by atoms with Gasteiger partial charge in [0.2, 0.25) is 0 Å². The number of rotatable bonds is 3. The molecule has 1 atom stereocenters. The highest BCUT2D eigenvalue weighted by Gasteiger charge is 2.28. The number of carbonyl (C=O) groups excluding carboxylic acids is 1. The first kappa shape index (κ1) is 17.9. The standard InChI is InChI=1S/C20H23N3O3/c1-15-8-7-9-16(14-15)18-11-3-2-6-13-22(18)20(24)21-17-10-4-5-12-19(17)23(25)26/h4-5,7-10,12,14,18H,2-3,6,11,13H2,1H3,(H,21,24)/t18-/m0/s1. The number of nitrogens with zero attached hydrogens (tertiary/aromatic N) is 2. The summed E-state index contributed by atoms with van der Waals surface area (Å²) in [5.74, 6) is 0. The first-order chi connectivity index (χ1) is 12.6. The number of nitro groups is 1. The van der Waals surface area contributed by atoms with Gasteiger partial charge in [0.25, 0.3) is 5.69 Å². The lowest BCUT2D eigenvalue weighted by Gasteiger charge is -2.30. The van der Waals surface area contributed by atoms with E-state index in [4.69, 9.17) is 0 Å². The van der Waals surface area contributed by atoms with Crippen molar-refractivity contribution in [1.29, 1.82) is 0 Å². The number of para-hydroxylation sites is 2. The van der Waals surface area contributed by atoms with Crippen molar-refractivity contribution in [1.82, 2.24) is 4.90 Å². The number of urea groups is 1. The minimum absolute atomic E-state index is 0.0137. The number of benzene rings is 2. The number of likely N-dealkylation sites (tertiary alicyclic amines) is 1. The van der Waals surface area contributed by atoms with Gasteiger partial charge in [-0.3, -0.25) is 10.1 Å². The Labute approximate surface area is 153 Å². The second-order valence-corrected chi connectivity index (χ2v) is 6.68. The Hall–Kier alpha value is -2.89. The van der Waals surface area contributed by atoms with Gasteiger partial charge >= 0.3 is 6.03 Å². The van der Waals surface area contributed by atoms with Gasteiger partial charge in [0.15, 0.2) is 0 Å². The molecular weight excluding hydrogens is 330 g/mol. The van der Waals surface area contributed by atoms with E-state index in [9.17, 15) is 14.9 Å². The van der Waals surface area contributed by atoms with Crippen molar-refractivity contribution in [2.75, 3.05) is 11.9 Å². The van der Waals surface area contributed by atoms with E-state index in [0.717, 1.165) is 36.8 Å². The molecule has 26 heavy (non-hydrogen) atoms. The van der Waals surface area contributed by atoms with E-state index >= 15 is 0 Å². The van der Waals surface area contributed by atoms with E-state index in [0.29, 0.717) is 6.54 Å². The monoisotopic (exact) mass is 353 g/mol. The third kappa shape index (κ3) is 4.02. The normalized spacial score (nSPS) is 17.4. The largest absolute Gasteiger partial charge is 0.322 e. The van der Waals surface area contributed by atoms with Crippen LogP contribution in [0.1, 0.15) is 42.9 Å². The zero-order valence-electron chi connectivity index (χ0n) is 14.9. The third-order valence-electron chi connectivity index (χ3n) is 4.78.